The van der Waals surface area contributed by atoms with Crippen LogP contribution in [0, 0.1) is 5.82 Å². The van der Waals surface area contributed by atoms with Crippen molar-refractivity contribution in [1.82, 2.24) is 9.62 Å². The van der Waals surface area contributed by atoms with Gasteiger partial charge in [0.15, 0.2) is 0 Å². The highest BCUT2D eigenvalue weighted by molar-refractivity contribution is 9.10. The van der Waals surface area contributed by atoms with Crippen molar-refractivity contribution >= 4 is 31.9 Å². The molecule has 6 nitrogen and oxygen atoms in total. The van der Waals surface area contributed by atoms with E-state index in [1.165, 1.54) is 34.6 Å². The number of carbonyl (C=O) groups is 1. The second-order valence-electron chi connectivity index (χ2n) is 5.97. The highest BCUT2D eigenvalue weighted by Crippen LogP contribution is 2.18. The van der Waals surface area contributed by atoms with Crippen molar-refractivity contribution in [3.8, 4) is 0 Å². The van der Waals surface area contributed by atoms with Crippen molar-refractivity contribution in [3.05, 3.63) is 63.9 Å². The van der Waals surface area contributed by atoms with Crippen LogP contribution in [0.2, 0.25) is 0 Å². The molecule has 9 heteroatoms. The summed E-state index contributed by atoms with van der Waals surface area (Å²) >= 11 is 3.20. The zero-order valence-corrected chi connectivity index (χ0v) is 16.7. The number of rotatable bonds is 5. The molecule has 27 heavy (non-hydrogen) atoms. The highest BCUT2D eigenvalue weighted by Gasteiger charge is 2.26. The van der Waals surface area contributed by atoms with E-state index < -0.39 is 21.7 Å². The lowest BCUT2D eigenvalue weighted by Crippen LogP contribution is -2.40. The van der Waals surface area contributed by atoms with Crippen LogP contribution >= 0.6 is 15.9 Å². The topological polar surface area (TPSA) is 75.7 Å². The first-order valence-electron chi connectivity index (χ1n) is 8.28. The largest absolute Gasteiger partial charge is 0.379 e. The molecule has 0 radical (unpaired) electrons. The van der Waals surface area contributed by atoms with Crippen LogP contribution in [0.5, 0.6) is 0 Å². The van der Waals surface area contributed by atoms with E-state index in [9.17, 15) is 17.6 Å². The standard InChI is InChI=1S/C18H18BrFN2O4S/c19-14-3-6-17(20)16(11-14)18(23)21-12-13-1-4-15(5-2-13)27(24,25)22-7-9-26-10-8-22/h1-6,11H,7-10,12H2,(H,21,23). The molecule has 0 aromatic heterocycles. The average molecular weight is 457 g/mol. The van der Waals surface area contributed by atoms with Crippen LogP contribution < -0.4 is 5.32 Å². The Morgan fingerprint density at radius 1 is 1.15 bits per heavy atom. The molecular formula is C18H18BrFN2O4S. The Bertz CT molecular complexity index is 929. The summed E-state index contributed by atoms with van der Waals surface area (Å²) in [5, 5.41) is 2.63. The first kappa shape index (κ1) is 19.9. The first-order chi connectivity index (χ1) is 12.9. The van der Waals surface area contributed by atoms with Crippen molar-refractivity contribution in [3.63, 3.8) is 0 Å². The van der Waals surface area contributed by atoms with Gasteiger partial charge in [-0.1, -0.05) is 28.1 Å². The zero-order valence-electron chi connectivity index (χ0n) is 14.3. The molecule has 1 heterocycles. The Labute approximate surface area is 165 Å². The third kappa shape index (κ3) is 4.73. The van der Waals surface area contributed by atoms with Crippen molar-refractivity contribution in [1.29, 1.82) is 0 Å². The van der Waals surface area contributed by atoms with Crippen molar-refractivity contribution in [2.45, 2.75) is 11.4 Å². The number of sulfonamides is 1. The molecule has 0 saturated carbocycles. The van der Waals surface area contributed by atoms with Gasteiger partial charge < -0.3 is 10.1 Å². The number of benzene rings is 2. The van der Waals surface area contributed by atoms with E-state index in [4.69, 9.17) is 4.74 Å². The van der Waals surface area contributed by atoms with E-state index in [1.807, 2.05) is 0 Å². The molecule has 0 aliphatic carbocycles. The SMILES string of the molecule is O=C(NCc1ccc(S(=O)(=O)N2CCOCC2)cc1)c1cc(Br)ccc1F. The Morgan fingerprint density at radius 3 is 2.48 bits per heavy atom. The van der Waals surface area contributed by atoms with Crippen LogP contribution in [0.15, 0.2) is 51.8 Å². The lowest BCUT2D eigenvalue weighted by molar-refractivity contribution is 0.0730. The molecule has 3 rings (SSSR count). The average Bonchev–Trinajstić information content (AvgIpc) is 2.69. The second kappa shape index (κ2) is 8.47. The molecule has 1 fully saturated rings. The molecule has 144 valence electrons. The van der Waals surface area contributed by atoms with E-state index in [0.717, 1.165) is 0 Å². The van der Waals surface area contributed by atoms with E-state index in [2.05, 4.69) is 21.2 Å². The van der Waals surface area contributed by atoms with Gasteiger partial charge in [-0.15, -0.1) is 0 Å². The molecule has 1 N–H and O–H groups in total. The Morgan fingerprint density at radius 2 is 1.81 bits per heavy atom. The maximum absolute atomic E-state index is 13.7. The van der Waals surface area contributed by atoms with Gasteiger partial charge in [-0.2, -0.15) is 4.31 Å². The Balaban J connectivity index is 1.65. The Hall–Kier alpha value is -1.81. The van der Waals surface area contributed by atoms with Crippen LogP contribution in [-0.4, -0.2) is 44.9 Å². The minimum atomic E-state index is -3.55. The number of morpholine rings is 1. The summed E-state index contributed by atoms with van der Waals surface area (Å²) in [5.41, 5.74) is 0.649. The van der Waals surface area contributed by atoms with E-state index in [1.54, 1.807) is 12.1 Å². The van der Waals surface area contributed by atoms with E-state index >= 15 is 0 Å². The van der Waals surface area contributed by atoms with Gasteiger partial charge in [0.05, 0.1) is 23.7 Å². The Kier molecular flexibility index (Phi) is 6.25. The number of ether oxygens (including phenoxy) is 1. The summed E-state index contributed by atoms with van der Waals surface area (Å²) in [6, 6.07) is 10.4. The van der Waals surface area contributed by atoms with Crippen LogP contribution in [0.4, 0.5) is 4.39 Å². The third-order valence-electron chi connectivity index (χ3n) is 4.16. The number of amides is 1. The molecule has 1 amide bonds. The van der Waals surface area contributed by atoms with Crippen LogP contribution in [0.25, 0.3) is 0 Å². The molecule has 2 aromatic carbocycles. The van der Waals surface area contributed by atoms with Gasteiger partial charge in [-0.3, -0.25) is 4.79 Å². The fourth-order valence-electron chi connectivity index (χ4n) is 2.66. The molecule has 1 aliphatic heterocycles. The van der Waals surface area contributed by atoms with Crippen molar-refractivity contribution in [2.75, 3.05) is 26.3 Å². The quantitative estimate of drug-likeness (QED) is 0.749. The maximum atomic E-state index is 13.7. The zero-order chi connectivity index (χ0) is 19.4. The van der Waals surface area contributed by atoms with Crippen LogP contribution in [0.3, 0.4) is 0 Å². The summed E-state index contributed by atoms with van der Waals surface area (Å²) in [6.45, 7) is 1.59. The van der Waals surface area contributed by atoms with Gasteiger partial charge in [0.2, 0.25) is 10.0 Å². The second-order valence-corrected chi connectivity index (χ2v) is 8.82. The van der Waals surface area contributed by atoms with Gasteiger partial charge in [0.25, 0.3) is 5.91 Å². The number of nitrogens with zero attached hydrogens (tertiary/aromatic N) is 1. The molecule has 2 aromatic rings. The van der Waals surface area contributed by atoms with Crippen LogP contribution in [0.1, 0.15) is 15.9 Å². The van der Waals surface area contributed by atoms with E-state index in [0.29, 0.717) is 36.3 Å². The fourth-order valence-corrected chi connectivity index (χ4v) is 4.43. The van der Waals surface area contributed by atoms with Gasteiger partial charge in [-0.05, 0) is 35.9 Å². The van der Waals surface area contributed by atoms with Crippen LogP contribution in [-0.2, 0) is 21.3 Å². The normalized spacial score (nSPS) is 15.5. The van der Waals surface area contributed by atoms with Crippen molar-refractivity contribution in [2.24, 2.45) is 0 Å². The first-order valence-corrected chi connectivity index (χ1v) is 10.5. The molecule has 0 spiro atoms. The molecule has 0 atom stereocenters. The van der Waals surface area contributed by atoms with Crippen molar-refractivity contribution < 1.29 is 22.3 Å². The molecule has 1 saturated heterocycles. The molecule has 0 unspecified atom stereocenters. The lowest BCUT2D eigenvalue weighted by Gasteiger charge is -2.26. The fraction of sp³-hybridized carbons (Fsp3) is 0.278. The minimum absolute atomic E-state index is 0.0594. The number of halogens is 2. The predicted octanol–water partition coefficient (Wildman–Crippen LogP) is 2.54. The third-order valence-corrected chi connectivity index (χ3v) is 6.56. The summed E-state index contributed by atoms with van der Waals surface area (Å²) in [6.07, 6.45) is 0. The summed E-state index contributed by atoms with van der Waals surface area (Å²) in [7, 11) is -3.55. The number of hydrogen-bond donors (Lipinski definition) is 1. The highest BCUT2D eigenvalue weighted by atomic mass is 79.9. The van der Waals surface area contributed by atoms with Gasteiger partial charge in [0.1, 0.15) is 5.82 Å². The van der Waals surface area contributed by atoms with Gasteiger partial charge >= 0.3 is 0 Å². The summed E-state index contributed by atoms with van der Waals surface area (Å²) in [4.78, 5) is 12.3. The number of nitrogens with one attached hydrogen (secondary N) is 1. The maximum Gasteiger partial charge on any atom is 0.254 e. The lowest BCUT2D eigenvalue weighted by atomic mass is 10.2. The summed E-state index contributed by atoms with van der Waals surface area (Å²) in [5.74, 6) is -1.15. The van der Waals surface area contributed by atoms with Gasteiger partial charge in [0, 0.05) is 24.1 Å². The van der Waals surface area contributed by atoms with Gasteiger partial charge in [-0.25, -0.2) is 12.8 Å². The molecular weight excluding hydrogens is 439 g/mol. The van der Waals surface area contributed by atoms with E-state index in [-0.39, 0.29) is 17.0 Å². The molecule has 0 bridgehead atoms. The number of carbonyl (C=O) groups excluding carboxylic acids is 1. The smallest absolute Gasteiger partial charge is 0.254 e. The monoisotopic (exact) mass is 456 g/mol. The summed E-state index contributed by atoms with van der Waals surface area (Å²) < 4.78 is 46.1. The molecule has 1 aliphatic rings. The predicted molar refractivity (Wildman–Crippen MR) is 101 cm³/mol. The number of hydrogen-bond acceptors (Lipinski definition) is 4. The minimum Gasteiger partial charge on any atom is -0.379 e.